The number of methoxy groups -OCH3 is 2. The maximum Gasteiger partial charge on any atom is 0.344 e. The smallest absolute Gasteiger partial charge is 0.344 e. The zero-order chi connectivity index (χ0) is 20.1. The van der Waals surface area contributed by atoms with Gasteiger partial charge in [0.05, 0.1) is 25.5 Å². The summed E-state index contributed by atoms with van der Waals surface area (Å²) in [5, 5.41) is 1.95. The minimum atomic E-state index is -0.718. The highest BCUT2D eigenvalue weighted by Gasteiger charge is 2.15. The minimum Gasteiger partial charge on any atom is -0.497 e. The number of nitrogens with zero attached hydrogens (tertiary/aromatic N) is 1. The number of carbonyl (C=O) groups excluding carboxylic acids is 1. The number of aromatic nitrogens is 1. The van der Waals surface area contributed by atoms with E-state index in [1.165, 1.54) is 55.5 Å². The number of esters is 1. The number of hydrogen-bond acceptors (Lipinski definition) is 9. The fourth-order valence-electron chi connectivity index (χ4n) is 2.20. The van der Waals surface area contributed by atoms with Gasteiger partial charge in [0.25, 0.3) is 0 Å². The topological polar surface area (TPSA) is 87.9 Å². The van der Waals surface area contributed by atoms with Crippen molar-refractivity contribution in [3.8, 4) is 17.2 Å². The van der Waals surface area contributed by atoms with E-state index in [0.717, 1.165) is 16.3 Å². The number of benzene rings is 1. The fraction of sp³-hybridized carbons (Fsp3) is 0.211. The van der Waals surface area contributed by atoms with Crippen molar-refractivity contribution in [3.63, 3.8) is 0 Å². The van der Waals surface area contributed by atoms with Crippen LogP contribution in [0.3, 0.4) is 0 Å². The van der Waals surface area contributed by atoms with Crippen LogP contribution in [-0.4, -0.2) is 25.2 Å². The molecule has 0 aliphatic carbocycles. The average molecular weight is 419 g/mol. The molecule has 0 amide bonds. The van der Waals surface area contributed by atoms with Crippen LogP contribution in [-0.2, 0) is 5.75 Å². The molecule has 3 aromatic rings. The molecule has 0 saturated heterocycles. The molecule has 1 aromatic carbocycles. The Labute approximate surface area is 169 Å². The zero-order valence-electron chi connectivity index (χ0n) is 15.4. The zero-order valence-corrected chi connectivity index (χ0v) is 17.0. The Morgan fingerprint density at radius 1 is 1.18 bits per heavy atom. The first kappa shape index (κ1) is 20.0. The summed E-state index contributed by atoms with van der Waals surface area (Å²) in [6.07, 6.45) is 1.14. The van der Waals surface area contributed by atoms with Crippen LogP contribution in [0.4, 0.5) is 0 Å². The Hall–Kier alpha value is -2.78. The van der Waals surface area contributed by atoms with E-state index < -0.39 is 11.4 Å². The average Bonchev–Trinajstić information content (AvgIpc) is 3.12. The van der Waals surface area contributed by atoms with Crippen molar-refractivity contribution in [3.05, 3.63) is 63.1 Å². The van der Waals surface area contributed by atoms with Crippen LogP contribution in [0.25, 0.3) is 0 Å². The van der Waals surface area contributed by atoms with E-state index in [2.05, 4.69) is 4.98 Å². The van der Waals surface area contributed by atoms with Gasteiger partial charge in [-0.1, -0.05) is 11.8 Å². The van der Waals surface area contributed by atoms with Crippen LogP contribution in [0.2, 0.25) is 0 Å². The lowest BCUT2D eigenvalue weighted by molar-refractivity contribution is 0.0728. The van der Waals surface area contributed by atoms with Gasteiger partial charge in [-0.2, -0.15) is 0 Å². The number of carbonyl (C=O) groups is 1. The molecule has 7 nitrogen and oxygen atoms in total. The van der Waals surface area contributed by atoms with Gasteiger partial charge in [0.1, 0.15) is 23.5 Å². The summed E-state index contributed by atoms with van der Waals surface area (Å²) < 4.78 is 21.7. The van der Waals surface area contributed by atoms with E-state index in [-0.39, 0.29) is 11.3 Å². The highest BCUT2D eigenvalue weighted by molar-refractivity contribution is 8.00. The van der Waals surface area contributed by atoms with Gasteiger partial charge in [-0.05, 0) is 19.1 Å². The molecule has 146 valence electrons. The van der Waals surface area contributed by atoms with E-state index in [4.69, 9.17) is 18.6 Å². The molecule has 0 unspecified atom stereocenters. The second kappa shape index (κ2) is 8.94. The van der Waals surface area contributed by atoms with Gasteiger partial charge in [-0.25, -0.2) is 9.78 Å². The standard InChI is InChI=1S/C19H17NO6S2/c1-11-9-27-19(20-11)28-10-15-7-16(21)17(8-25-15)26-18(22)12-4-13(23-2)6-14(5-12)24-3/h4-9H,10H2,1-3H3. The predicted molar refractivity (Wildman–Crippen MR) is 106 cm³/mol. The lowest BCUT2D eigenvalue weighted by Crippen LogP contribution is -2.15. The quantitative estimate of drug-likeness (QED) is 0.420. The highest BCUT2D eigenvalue weighted by Crippen LogP contribution is 2.26. The van der Waals surface area contributed by atoms with Gasteiger partial charge in [-0.15, -0.1) is 11.3 Å². The summed E-state index contributed by atoms with van der Waals surface area (Å²) in [4.78, 5) is 29.0. The van der Waals surface area contributed by atoms with Gasteiger partial charge in [0.15, 0.2) is 4.34 Å². The van der Waals surface area contributed by atoms with Gasteiger partial charge in [0.2, 0.25) is 11.2 Å². The number of hydrogen-bond donors (Lipinski definition) is 0. The van der Waals surface area contributed by atoms with Gasteiger partial charge in [-0.3, -0.25) is 4.79 Å². The molecule has 3 rings (SSSR count). The largest absolute Gasteiger partial charge is 0.497 e. The number of rotatable bonds is 7. The minimum absolute atomic E-state index is 0.189. The highest BCUT2D eigenvalue weighted by atomic mass is 32.2. The third kappa shape index (κ3) is 4.93. The first-order valence-corrected chi connectivity index (χ1v) is 9.97. The predicted octanol–water partition coefficient (Wildman–Crippen LogP) is 3.93. The van der Waals surface area contributed by atoms with Gasteiger partial charge in [0, 0.05) is 23.2 Å². The number of thioether (sulfide) groups is 1. The van der Waals surface area contributed by atoms with Crippen LogP contribution < -0.4 is 19.6 Å². The Morgan fingerprint density at radius 2 is 1.89 bits per heavy atom. The molecule has 0 aliphatic rings. The van der Waals surface area contributed by atoms with Crippen molar-refractivity contribution < 1.29 is 23.4 Å². The van der Waals surface area contributed by atoms with Crippen LogP contribution in [0, 0.1) is 6.92 Å². The maximum atomic E-state index is 12.4. The second-order valence-electron chi connectivity index (χ2n) is 5.61. The molecule has 2 heterocycles. The lowest BCUT2D eigenvalue weighted by atomic mass is 10.2. The van der Waals surface area contributed by atoms with E-state index >= 15 is 0 Å². The number of aryl methyl sites for hydroxylation is 1. The van der Waals surface area contributed by atoms with Crippen molar-refractivity contribution in [2.75, 3.05) is 14.2 Å². The Kier molecular flexibility index (Phi) is 6.37. The summed E-state index contributed by atoms with van der Waals surface area (Å²) in [5.41, 5.74) is 0.695. The number of ether oxygens (including phenoxy) is 3. The molecule has 0 atom stereocenters. The normalized spacial score (nSPS) is 10.5. The Balaban J connectivity index is 1.70. The third-order valence-electron chi connectivity index (χ3n) is 3.58. The molecular weight excluding hydrogens is 402 g/mol. The summed E-state index contributed by atoms with van der Waals surface area (Å²) >= 11 is 3.00. The van der Waals surface area contributed by atoms with Crippen LogP contribution in [0.15, 0.2) is 49.5 Å². The molecule has 9 heteroatoms. The third-order valence-corrected chi connectivity index (χ3v) is 5.74. The fourth-order valence-corrected chi connectivity index (χ4v) is 3.94. The van der Waals surface area contributed by atoms with Crippen molar-refractivity contribution in [2.24, 2.45) is 0 Å². The first-order chi connectivity index (χ1) is 13.5. The molecule has 0 fully saturated rings. The van der Waals surface area contributed by atoms with E-state index in [1.54, 1.807) is 6.07 Å². The van der Waals surface area contributed by atoms with E-state index in [9.17, 15) is 9.59 Å². The van der Waals surface area contributed by atoms with Crippen LogP contribution in [0.1, 0.15) is 21.8 Å². The SMILES string of the molecule is COc1cc(OC)cc(C(=O)Oc2coc(CSc3nc(C)cs3)cc2=O)c1. The molecule has 0 N–H and O–H groups in total. The van der Waals surface area contributed by atoms with E-state index in [1.807, 2.05) is 12.3 Å². The molecule has 0 spiro atoms. The molecule has 0 saturated carbocycles. The second-order valence-corrected chi connectivity index (χ2v) is 7.69. The molecule has 28 heavy (non-hydrogen) atoms. The van der Waals surface area contributed by atoms with Crippen molar-refractivity contribution in [2.45, 2.75) is 17.0 Å². The molecule has 2 aromatic heterocycles. The molecule has 0 aliphatic heterocycles. The van der Waals surface area contributed by atoms with Crippen molar-refractivity contribution >= 4 is 29.1 Å². The summed E-state index contributed by atoms with van der Waals surface area (Å²) in [6.45, 7) is 1.92. The van der Waals surface area contributed by atoms with Crippen molar-refractivity contribution in [1.82, 2.24) is 4.98 Å². The summed E-state index contributed by atoms with van der Waals surface area (Å²) in [7, 11) is 2.95. The molecular formula is C19H17NO6S2. The lowest BCUT2D eigenvalue weighted by Gasteiger charge is -2.08. The first-order valence-electron chi connectivity index (χ1n) is 8.10. The Bertz CT molecular complexity index is 1020. The number of thiazole rings is 1. The monoisotopic (exact) mass is 419 g/mol. The Morgan fingerprint density at radius 3 is 2.46 bits per heavy atom. The van der Waals surface area contributed by atoms with Crippen LogP contribution >= 0.6 is 23.1 Å². The summed E-state index contributed by atoms with van der Waals surface area (Å²) in [6, 6.07) is 5.92. The van der Waals surface area contributed by atoms with E-state index in [0.29, 0.717) is 23.0 Å². The van der Waals surface area contributed by atoms with Gasteiger partial charge >= 0.3 is 5.97 Å². The maximum absolute atomic E-state index is 12.4. The molecule has 0 radical (unpaired) electrons. The summed E-state index contributed by atoms with van der Waals surface area (Å²) in [5.74, 6) is 0.872. The molecule has 0 bridgehead atoms. The van der Waals surface area contributed by atoms with Crippen LogP contribution in [0.5, 0.6) is 17.2 Å². The van der Waals surface area contributed by atoms with Gasteiger partial charge < -0.3 is 18.6 Å². The van der Waals surface area contributed by atoms with Crippen molar-refractivity contribution in [1.29, 1.82) is 0 Å².